The minimum absolute atomic E-state index is 0.163. The summed E-state index contributed by atoms with van der Waals surface area (Å²) < 4.78 is 0. The van der Waals surface area contributed by atoms with E-state index < -0.39 is 0 Å². The monoisotopic (exact) mass is 137 g/mol. The van der Waals surface area contributed by atoms with Crippen LogP contribution >= 0.6 is 11.3 Å². The van der Waals surface area contributed by atoms with Crippen LogP contribution in [0.25, 0.3) is 0 Å². The summed E-state index contributed by atoms with van der Waals surface area (Å²) >= 11 is 1.58. The van der Waals surface area contributed by atoms with Crippen molar-refractivity contribution in [3.63, 3.8) is 0 Å². The van der Waals surface area contributed by atoms with E-state index in [0.29, 0.717) is 0 Å². The highest BCUT2D eigenvalue weighted by atomic mass is 32.1. The Morgan fingerprint density at radius 2 is 2.67 bits per heavy atom. The molecular formula is C7H7NS. The molecule has 0 fully saturated rings. The second kappa shape index (κ2) is 2.65. The molecule has 1 heterocycles. The molecule has 1 rings (SSSR count). The summed E-state index contributed by atoms with van der Waals surface area (Å²) in [6.45, 7) is 1.97. The Labute approximate surface area is 58.8 Å². The van der Waals surface area contributed by atoms with Gasteiger partial charge in [-0.15, -0.1) is 17.8 Å². The van der Waals surface area contributed by atoms with Crippen LogP contribution in [0.2, 0.25) is 0 Å². The Hall–Kier alpha value is -0.810. The average molecular weight is 137 g/mol. The van der Waals surface area contributed by atoms with Crippen LogP contribution in [0.3, 0.4) is 0 Å². The van der Waals surface area contributed by atoms with Crippen LogP contribution in [-0.4, -0.2) is 4.98 Å². The maximum atomic E-state index is 5.18. The Bertz CT molecular complexity index is 207. The van der Waals surface area contributed by atoms with Crippen molar-refractivity contribution in [2.75, 3.05) is 0 Å². The fraction of sp³-hybridized carbons (Fsp3) is 0.286. The second-order valence-electron chi connectivity index (χ2n) is 1.80. The van der Waals surface area contributed by atoms with Gasteiger partial charge < -0.3 is 0 Å². The fourth-order valence-electron chi connectivity index (χ4n) is 0.521. The molecule has 9 heavy (non-hydrogen) atoms. The van der Waals surface area contributed by atoms with Gasteiger partial charge in [-0.25, -0.2) is 4.98 Å². The van der Waals surface area contributed by atoms with E-state index in [4.69, 9.17) is 6.42 Å². The molecule has 0 spiro atoms. The van der Waals surface area contributed by atoms with E-state index in [-0.39, 0.29) is 5.92 Å². The highest BCUT2D eigenvalue weighted by molar-refractivity contribution is 7.07. The largest absolute Gasteiger partial charge is 0.248 e. The highest BCUT2D eigenvalue weighted by Gasteiger charge is 2.00. The molecule has 0 aromatic carbocycles. The molecular weight excluding hydrogens is 130 g/mol. The summed E-state index contributed by atoms with van der Waals surface area (Å²) in [6, 6.07) is 0. The van der Waals surface area contributed by atoms with Gasteiger partial charge in [0.15, 0.2) is 0 Å². The number of rotatable bonds is 1. The molecule has 0 N–H and O–H groups in total. The molecule has 0 amide bonds. The third kappa shape index (κ3) is 1.30. The third-order valence-electron chi connectivity index (χ3n) is 1.15. The van der Waals surface area contributed by atoms with Crippen molar-refractivity contribution in [2.24, 2.45) is 0 Å². The minimum Gasteiger partial charge on any atom is -0.248 e. The van der Waals surface area contributed by atoms with Gasteiger partial charge in [-0.2, -0.15) is 0 Å². The molecule has 0 aliphatic rings. The van der Waals surface area contributed by atoms with Gasteiger partial charge in [0, 0.05) is 5.38 Å². The van der Waals surface area contributed by atoms with Crippen molar-refractivity contribution in [1.29, 1.82) is 0 Å². The van der Waals surface area contributed by atoms with Crippen LogP contribution in [-0.2, 0) is 0 Å². The quantitative estimate of drug-likeness (QED) is 0.538. The summed E-state index contributed by atoms with van der Waals surface area (Å²) in [7, 11) is 0. The lowest BCUT2D eigenvalue weighted by molar-refractivity contribution is 0.954. The van der Waals surface area contributed by atoms with E-state index in [9.17, 15) is 0 Å². The summed E-state index contributed by atoms with van der Waals surface area (Å²) in [5.41, 5.74) is 2.80. The first-order valence-corrected chi connectivity index (χ1v) is 3.63. The molecule has 2 heteroatoms. The Kier molecular flexibility index (Phi) is 1.86. The second-order valence-corrected chi connectivity index (χ2v) is 2.52. The predicted octanol–water partition coefficient (Wildman–Crippen LogP) is 1.88. The van der Waals surface area contributed by atoms with E-state index in [1.807, 2.05) is 12.3 Å². The van der Waals surface area contributed by atoms with Crippen molar-refractivity contribution in [1.82, 2.24) is 4.98 Å². The number of nitrogens with zero attached hydrogens (tertiary/aromatic N) is 1. The molecule has 0 saturated heterocycles. The fourth-order valence-corrected chi connectivity index (χ4v) is 1.17. The van der Waals surface area contributed by atoms with Gasteiger partial charge in [-0.1, -0.05) is 5.92 Å². The zero-order chi connectivity index (χ0) is 6.69. The van der Waals surface area contributed by atoms with Crippen LogP contribution in [0.15, 0.2) is 10.9 Å². The van der Waals surface area contributed by atoms with Crippen LogP contribution in [0, 0.1) is 12.3 Å². The lowest BCUT2D eigenvalue weighted by Gasteiger charge is -1.94. The van der Waals surface area contributed by atoms with Gasteiger partial charge in [0.25, 0.3) is 0 Å². The van der Waals surface area contributed by atoms with Crippen LogP contribution in [0.4, 0.5) is 0 Å². The molecule has 0 saturated carbocycles. The maximum absolute atomic E-state index is 5.18. The number of thiazole rings is 1. The van der Waals surface area contributed by atoms with Crippen LogP contribution in [0.5, 0.6) is 0 Å². The summed E-state index contributed by atoms with van der Waals surface area (Å²) in [6.07, 6.45) is 5.18. The van der Waals surface area contributed by atoms with Crippen molar-refractivity contribution >= 4 is 11.3 Å². The van der Waals surface area contributed by atoms with Gasteiger partial charge in [0.1, 0.15) is 0 Å². The molecule has 0 aliphatic heterocycles. The third-order valence-corrected chi connectivity index (χ3v) is 1.75. The van der Waals surface area contributed by atoms with E-state index in [0.717, 1.165) is 5.69 Å². The lowest BCUT2D eigenvalue weighted by atomic mass is 10.1. The first kappa shape index (κ1) is 6.31. The van der Waals surface area contributed by atoms with Gasteiger partial charge in [0.05, 0.1) is 17.1 Å². The maximum Gasteiger partial charge on any atom is 0.0795 e. The molecule has 46 valence electrons. The number of aromatic nitrogens is 1. The summed E-state index contributed by atoms with van der Waals surface area (Å²) in [5, 5.41) is 1.98. The van der Waals surface area contributed by atoms with Gasteiger partial charge in [-0.3, -0.25) is 0 Å². The average Bonchev–Trinajstić information content (AvgIpc) is 2.37. The number of hydrogen-bond acceptors (Lipinski definition) is 2. The Morgan fingerprint density at radius 1 is 1.89 bits per heavy atom. The van der Waals surface area contributed by atoms with Crippen LogP contribution in [0.1, 0.15) is 18.5 Å². The zero-order valence-corrected chi connectivity index (χ0v) is 5.98. The molecule has 1 aromatic rings. The zero-order valence-electron chi connectivity index (χ0n) is 5.16. The topological polar surface area (TPSA) is 12.9 Å². The van der Waals surface area contributed by atoms with Crippen molar-refractivity contribution in [3.8, 4) is 12.3 Å². The van der Waals surface area contributed by atoms with Gasteiger partial charge in [0.2, 0.25) is 0 Å². The molecule has 0 radical (unpaired) electrons. The molecule has 1 unspecified atom stereocenters. The first-order valence-electron chi connectivity index (χ1n) is 2.69. The number of terminal acetylenes is 1. The van der Waals surface area contributed by atoms with E-state index in [1.165, 1.54) is 0 Å². The van der Waals surface area contributed by atoms with Crippen molar-refractivity contribution in [2.45, 2.75) is 12.8 Å². The molecule has 0 aliphatic carbocycles. The van der Waals surface area contributed by atoms with Gasteiger partial charge in [-0.05, 0) is 6.92 Å². The lowest BCUT2D eigenvalue weighted by Crippen LogP contribution is -1.86. The van der Waals surface area contributed by atoms with E-state index >= 15 is 0 Å². The van der Waals surface area contributed by atoms with Gasteiger partial charge >= 0.3 is 0 Å². The molecule has 0 bridgehead atoms. The molecule has 1 aromatic heterocycles. The SMILES string of the molecule is C#CC(C)c1cscn1. The number of hydrogen-bond donors (Lipinski definition) is 0. The van der Waals surface area contributed by atoms with Crippen molar-refractivity contribution < 1.29 is 0 Å². The molecule has 1 nitrogen and oxygen atoms in total. The Balaban J connectivity index is 2.80. The van der Waals surface area contributed by atoms with E-state index in [2.05, 4.69) is 10.9 Å². The first-order chi connectivity index (χ1) is 4.34. The van der Waals surface area contributed by atoms with Crippen LogP contribution < -0.4 is 0 Å². The predicted molar refractivity (Wildman–Crippen MR) is 39.4 cm³/mol. The normalized spacial score (nSPS) is 12.4. The summed E-state index contributed by atoms with van der Waals surface area (Å²) in [5.74, 6) is 2.77. The standard InChI is InChI=1S/C7H7NS/c1-3-6(2)7-4-9-5-8-7/h1,4-6H,2H3. The molecule has 1 atom stereocenters. The highest BCUT2D eigenvalue weighted by Crippen LogP contribution is 2.12. The minimum atomic E-state index is 0.163. The van der Waals surface area contributed by atoms with E-state index in [1.54, 1.807) is 16.8 Å². The van der Waals surface area contributed by atoms with Crippen molar-refractivity contribution in [3.05, 3.63) is 16.6 Å². The summed E-state index contributed by atoms with van der Waals surface area (Å²) in [4.78, 5) is 4.06. The Morgan fingerprint density at radius 3 is 3.11 bits per heavy atom. The smallest absolute Gasteiger partial charge is 0.0795 e.